The second-order valence-electron chi connectivity index (χ2n) is 8.18. The molecule has 0 aromatic heterocycles. The van der Waals surface area contributed by atoms with Crippen LogP contribution in [-0.4, -0.2) is 40.5 Å². The Balaban J connectivity index is 1.78. The molecule has 35 heavy (non-hydrogen) atoms. The van der Waals surface area contributed by atoms with Crippen LogP contribution in [0.15, 0.2) is 78.9 Å². The van der Waals surface area contributed by atoms with Gasteiger partial charge >= 0.3 is 0 Å². The number of carbonyl (C=O) groups excluding carboxylic acids is 2. The number of hydrogen-bond donors (Lipinski definition) is 1. The van der Waals surface area contributed by atoms with E-state index in [4.69, 9.17) is 0 Å². The van der Waals surface area contributed by atoms with Crippen molar-refractivity contribution in [1.82, 2.24) is 10.2 Å². The highest BCUT2D eigenvalue weighted by molar-refractivity contribution is 7.99. The number of non-ortho nitro benzene ring substituents is 1. The largest absolute Gasteiger partial charge is 0.357 e. The van der Waals surface area contributed by atoms with E-state index in [1.165, 1.54) is 23.9 Å². The minimum Gasteiger partial charge on any atom is -0.357 e. The lowest BCUT2D eigenvalue weighted by Crippen LogP contribution is -2.50. The quantitative estimate of drug-likeness (QED) is 0.314. The van der Waals surface area contributed by atoms with E-state index < -0.39 is 11.0 Å². The highest BCUT2D eigenvalue weighted by Crippen LogP contribution is 2.21. The standard InChI is InChI=1S/C27H29N3O4S/c1-20-8-6-7-11-23(20)17-29(25(27(32)28-2)16-21-9-4-3-5-10-21)26(31)19-35-18-22-12-14-24(15-13-22)30(33)34/h3-15,25H,16-19H2,1-2H3,(H,28,32)/t25-/m0/s1. The first kappa shape index (κ1) is 26.0. The van der Waals surface area contributed by atoms with E-state index in [1.54, 1.807) is 24.1 Å². The van der Waals surface area contributed by atoms with Crippen LogP contribution < -0.4 is 5.32 Å². The minimum absolute atomic E-state index is 0.0357. The Kier molecular flexibility index (Phi) is 9.43. The van der Waals surface area contributed by atoms with E-state index in [-0.39, 0.29) is 23.3 Å². The van der Waals surface area contributed by atoms with Gasteiger partial charge in [0.15, 0.2) is 0 Å². The van der Waals surface area contributed by atoms with Crippen molar-refractivity contribution in [3.8, 4) is 0 Å². The predicted octanol–water partition coefficient (Wildman–Crippen LogP) is 4.52. The molecule has 182 valence electrons. The van der Waals surface area contributed by atoms with E-state index in [0.717, 1.165) is 22.3 Å². The maximum atomic E-state index is 13.5. The summed E-state index contributed by atoms with van der Waals surface area (Å²) in [6.45, 7) is 2.32. The molecule has 0 aliphatic rings. The fraction of sp³-hybridized carbons (Fsp3) is 0.259. The zero-order chi connectivity index (χ0) is 25.2. The predicted molar refractivity (Wildman–Crippen MR) is 139 cm³/mol. The Bertz CT molecular complexity index is 1150. The van der Waals surface area contributed by atoms with Crippen LogP contribution >= 0.6 is 11.8 Å². The van der Waals surface area contributed by atoms with Gasteiger partial charge in [-0.25, -0.2) is 0 Å². The number of amides is 2. The average molecular weight is 492 g/mol. The Morgan fingerprint density at radius 2 is 1.63 bits per heavy atom. The summed E-state index contributed by atoms with van der Waals surface area (Å²) in [7, 11) is 1.58. The van der Waals surface area contributed by atoms with Crippen LogP contribution in [0.2, 0.25) is 0 Å². The molecule has 0 radical (unpaired) electrons. The van der Waals surface area contributed by atoms with Gasteiger partial charge < -0.3 is 10.2 Å². The molecule has 0 fully saturated rings. The summed E-state index contributed by atoms with van der Waals surface area (Å²) < 4.78 is 0. The van der Waals surface area contributed by atoms with Gasteiger partial charge in [-0.2, -0.15) is 0 Å². The molecule has 2 amide bonds. The molecule has 0 unspecified atom stereocenters. The van der Waals surface area contributed by atoms with Crippen molar-refractivity contribution in [1.29, 1.82) is 0 Å². The highest BCUT2D eigenvalue weighted by Gasteiger charge is 2.30. The number of benzene rings is 3. The zero-order valence-electron chi connectivity index (χ0n) is 19.8. The molecule has 3 aromatic rings. The van der Waals surface area contributed by atoms with Gasteiger partial charge in [0.2, 0.25) is 11.8 Å². The first-order valence-corrected chi connectivity index (χ1v) is 12.4. The molecule has 0 bridgehead atoms. The zero-order valence-corrected chi connectivity index (χ0v) is 20.7. The molecule has 0 heterocycles. The number of nitrogens with zero attached hydrogens (tertiary/aromatic N) is 2. The van der Waals surface area contributed by atoms with Gasteiger partial charge in [-0.1, -0.05) is 66.7 Å². The molecular formula is C27H29N3O4S. The van der Waals surface area contributed by atoms with Crippen molar-refractivity contribution in [2.75, 3.05) is 12.8 Å². The number of carbonyl (C=O) groups is 2. The Hall–Kier alpha value is -3.65. The molecule has 7 nitrogen and oxygen atoms in total. The molecule has 0 saturated heterocycles. The van der Waals surface area contributed by atoms with Gasteiger partial charge in [-0.05, 0) is 29.2 Å². The molecule has 0 aliphatic heterocycles. The van der Waals surface area contributed by atoms with Crippen LogP contribution in [-0.2, 0) is 28.3 Å². The van der Waals surface area contributed by atoms with Crippen molar-refractivity contribution in [3.05, 3.63) is 111 Å². The highest BCUT2D eigenvalue weighted by atomic mass is 32.2. The molecule has 3 rings (SSSR count). The van der Waals surface area contributed by atoms with E-state index >= 15 is 0 Å². The molecule has 0 saturated carbocycles. The van der Waals surface area contributed by atoms with E-state index in [9.17, 15) is 19.7 Å². The third-order valence-corrected chi connectivity index (χ3v) is 6.75. The third-order valence-electron chi connectivity index (χ3n) is 5.76. The lowest BCUT2D eigenvalue weighted by molar-refractivity contribution is -0.384. The first-order valence-electron chi connectivity index (χ1n) is 11.3. The van der Waals surface area contributed by atoms with E-state index in [0.29, 0.717) is 18.7 Å². The molecule has 1 atom stereocenters. The summed E-state index contributed by atoms with van der Waals surface area (Å²) in [6, 6.07) is 23.2. The third kappa shape index (κ3) is 7.42. The number of nitro benzene ring substituents is 1. The fourth-order valence-corrected chi connectivity index (χ4v) is 4.62. The van der Waals surface area contributed by atoms with Gasteiger partial charge in [-0.3, -0.25) is 19.7 Å². The molecule has 8 heteroatoms. The smallest absolute Gasteiger partial charge is 0.269 e. The van der Waals surface area contributed by atoms with Crippen molar-refractivity contribution in [3.63, 3.8) is 0 Å². The molecule has 1 N–H and O–H groups in total. The number of hydrogen-bond acceptors (Lipinski definition) is 5. The maximum absolute atomic E-state index is 13.5. The molecule has 0 aliphatic carbocycles. The monoisotopic (exact) mass is 491 g/mol. The van der Waals surface area contributed by atoms with Gasteiger partial charge in [0.05, 0.1) is 10.7 Å². The summed E-state index contributed by atoms with van der Waals surface area (Å²) in [5, 5.41) is 13.6. The molecule has 3 aromatic carbocycles. The van der Waals surface area contributed by atoms with Crippen LogP contribution in [0.5, 0.6) is 0 Å². The molecular weight excluding hydrogens is 462 g/mol. The van der Waals surface area contributed by atoms with Crippen molar-refractivity contribution < 1.29 is 14.5 Å². The number of nitrogens with one attached hydrogen (secondary N) is 1. The van der Waals surface area contributed by atoms with Crippen molar-refractivity contribution >= 4 is 29.3 Å². The number of aryl methyl sites for hydroxylation is 1. The van der Waals surface area contributed by atoms with Crippen LogP contribution in [0.4, 0.5) is 5.69 Å². The van der Waals surface area contributed by atoms with E-state index in [1.807, 2.05) is 61.5 Å². The summed E-state index contributed by atoms with van der Waals surface area (Å²) in [4.78, 5) is 38.5. The van der Waals surface area contributed by atoms with Crippen LogP contribution in [0.3, 0.4) is 0 Å². The van der Waals surface area contributed by atoms with Gasteiger partial charge in [-0.15, -0.1) is 11.8 Å². The Morgan fingerprint density at radius 3 is 2.26 bits per heavy atom. The lowest BCUT2D eigenvalue weighted by Gasteiger charge is -2.31. The SMILES string of the molecule is CNC(=O)[C@H](Cc1ccccc1)N(Cc1ccccc1C)C(=O)CSCc1ccc([N+](=O)[O-])cc1. The van der Waals surface area contributed by atoms with Gasteiger partial charge in [0.25, 0.3) is 5.69 Å². The minimum atomic E-state index is -0.658. The Morgan fingerprint density at radius 1 is 0.971 bits per heavy atom. The normalized spacial score (nSPS) is 11.5. The van der Waals surface area contributed by atoms with Crippen LogP contribution in [0.1, 0.15) is 22.3 Å². The number of likely N-dealkylation sites (N-methyl/N-ethyl adjacent to an activating group) is 1. The lowest BCUT2D eigenvalue weighted by atomic mass is 10.0. The van der Waals surface area contributed by atoms with Crippen LogP contribution in [0.25, 0.3) is 0 Å². The topological polar surface area (TPSA) is 92.6 Å². The van der Waals surface area contributed by atoms with Crippen molar-refractivity contribution in [2.24, 2.45) is 0 Å². The first-order chi connectivity index (χ1) is 16.9. The van der Waals surface area contributed by atoms with E-state index in [2.05, 4.69) is 5.32 Å². The summed E-state index contributed by atoms with van der Waals surface area (Å²) in [5.74, 6) is 0.372. The summed E-state index contributed by atoms with van der Waals surface area (Å²) in [5.41, 5.74) is 3.95. The molecule has 0 spiro atoms. The summed E-state index contributed by atoms with van der Waals surface area (Å²) in [6.07, 6.45) is 0.408. The summed E-state index contributed by atoms with van der Waals surface area (Å²) >= 11 is 1.42. The fourth-order valence-electron chi connectivity index (χ4n) is 3.74. The van der Waals surface area contributed by atoms with Crippen molar-refractivity contribution in [2.45, 2.75) is 31.7 Å². The number of nitro groups is 1. The number of rotatable bonds is 11. The second kappa shape index (κ2) is 12.7. The average Bonchev–Trinajstić information content (AvgIpc) is 2.87. The number of thioether (sulfide) groups is 1. The Labute approximate surface area is 209 Å². The maximum Gasteiger partial charge on any atom is 0.269 e. The second-order valence-corrected chi connectivity index (χ2v) is 9.17. The van der Waals surface area contributed by atoms with Gasteiger partial charge in [0, 0.05) is 37.9 Å². The van der Waals surface area contributed by atoms with Gasteiger partial charge in [0.1, 0.15) is 6.04 Å². The van der Waals surface area contributed by atoms with Crippen LogP contribution in [0, 0.1) is 17.0 Å².